The van der Waals surface area contributed by atoms with Gasteiger partial charge < -0.3 is 4.74 Å². The second-order valence-corrected chi connectivity index (χ2v) is 3.04. The summed E-state index contributed by atoms with van der Waals surface area (Å²) in [4.78, 5) is 11.3. The number of anilines is 1. The molecule has 0 aliphatic heterocycles. The molecule has 4 nitrogen and oxygen atoms in total. The standard InChI is InChI=1S/C10H14N2O2/c1-8-4-3-5-9(6-8)12(11)10(13)7-14-2/h3-6H,7,11H2,1-2H3. The van der Waals surface area contributed by atoms with E-state index in [0.29, 0.717) is 5.69 Å². The zero-order chi connectivity index (χ0) is 10.6. The maximum absolute atomic E-state index is 11.3. The van der Waals surface area contributed by atoms with E-state index < -0.39 is 0 Å². The SMILES string of the molecule is COCC(=O)N(N)c1cccc(C)c1. The molecular formula is C10H14N2O2. The first kappa shape index (κ1) is 10.7. The predicted octanol–water partition coefficient (Wildman–Crippen LogP) is 0.848. The van der Waals surface area contributed by atoms with Crippen molar-refractivity contribution >= 4 is 11.6 Å². The van der Waals surface area contributed by atoms with Crippen molar-refractivity contribution in [3.63, 3.8) is 0 Å². The lowest BCUT2D eigenvalue weighted by atomic mass is 10.2. The van der Waals surface area contributed by atoms with Crippen molar-refractivity contribution < 1.29 is 9.53 Å². The minimum absolute atomic E-state index is 0.00948. The van der Waals surface area contributed by atoms with Gasteiger partial charge >= 0.3 is 0 Å². The molecule has 0 aromatic heterocycles. The molecular weight excluding hydrogens is 180 g/mol. The molecule has 0 aliphatic rings. The maximum atomic E-state index is 11.3. The van der Waals surface area contributed by atoms with E-state index in [2.05, 4.69) is 0 Å². The van der Waals surface area contributed by atoms with Gasteiger partial charge in [0.05, 0.1) is 5.69 Å². The fourth-order valence-electron chi connectivity index (χ4n) is 1.11. The summed E-state index contributed by atoms with van der Waals surface area (Å²) in [5.41, 5.74) is 1.73. The normalized spacial score (nSPS) is 9.93. The van der Waals surface area contributed by atoms with Gasteiger partial charge in [-0.05, 0) is 24.6 Å². The van der Waals surface area contributed by atoms with Gasteiger partial charge in [-0.1, -0.05) is 12.1 Å². The first-order chi connectivity index (χ1) is 6.65. The Morgan fingerprint density at radius 3 is 2.86 bits per heavy atom. The number of ether oxygens (including phenoxy) is 1. The molecule has 0 spiro atoms. The topological polar surface area (TPSA) is 55.6 Å². The van der Waals surface area contributed by atoms with E-state index in [1.165, 1.54) is 7.11 Å². The third-order valence-electron chi connectivity index (χ3n) is 1.82. The summed E-state index contributed by atoms with van der Waals surface area (Å²) in [5.74, 6) is 5.33. The number of nitrogens with two attached hydrogens (primary N) is 1. The van der Waals surface area contributed by atoms with Crippen LogP contribution in [0.3, 0.4) is 0 Å². The highest BCUT2D eigenvalue weighted by molar-refractivity contribution is 5.93. The Bertz CT molecular complexity index is 326. The molecule has 4 heteroatoms. The highest BCUT2D eigenvalue weighted by Gasteiger charge is 2.10. The number of hydrogen-bond donors (Lipinski definition) is 1. The fraction of sp³-hybridized carbons (Fsp3) is 0.300. The second kappa shape index (κ2) is 4.74. The highest BCUT2D eigenvalue weighted by atomic mass is 16.5. The molecule has 1 amide bonds. The van der Waals surface area contributed by atoms with Crippen LogP contribution >= 0.6 is 0 Å². The highest BCUT2D eigenvalue weighted by Crippen LogP contribution is 2.12. The van der Waals surface area contributed by atoms with Crippen molar-refractivity contribution in [3.05, 3.63) is 29.8 Å². The average molecular weight is 194 g/mol. The quantitative estimate of drug-likeness (QED) is 0.441. The molecule has 76 valence electrons. The number of amides is 1. The summed E-state index contributed by atoms with van der Waals surface area (Å²) < 4.78 is 4.71. The van der Waals surface area contributed by atoms with Crippen molar-refractivity contribution in [3.8, 4) is 0 Å². The van der Waals surface area contributed by atoms with Crippen LogP contribution in [0.25, 0.3) is 0 Å². The molecule has 0 atom stereocenters. The van der Waals surface area contributed by atoms with Crippen LogP contribution in [0.5, 0.6) is 0 Å². The number of hydrazine groups is 1. The summed E-state index contributed by atoms with van der Waals surface area (Å²) in [7, 11) is 1.46. The lowest BCUT2D eigenvalue weighted by molar-refractivity contribution is -0.122. The number of carbonyl (C=O) groups excluding carboxylic acids is 1. The van der Waals surface area contributed by atoms with Gasteiger partial charge in [0.1, 0.15) is 6.61 Å². The minimum atomic E-state index is -0.266. The predicted molar refractivity (Wildman–Crippen MR) is 54.7 cm³/mol. The van der Waals surface area contributed by atoms with Gasteiger partial charge in [0.25, 0.3) is 5.91 Å². The number of aryl methyl sites for hydroxylation is 1. The Morgan fingerprint density at radius 1 is 1.57 bits per heavy atom. The van der Waals surface area contributed by atoms with Gasteiger partial charge in [-0.15, -0.1) is 0 Å². The van der Waals surface area contributed by atoms with Gasteiger partial charge in [-0.2, -0.15) is 0 Å². The lowest BCUT2D eigenvalue weighted by Gasteiger charge is -2.16. The average Bonchev–Trinajstić information content (AvgIpc) is 2.17. The number of methoxy groups -OCH3 is 1. The van der Waals surface area contributed by atoms with E-state index in [0.717, 1.165) is 10.6 Å². The molecule has 0 fully saturated rings. The molecule has 0 aliphatic carbocycles. The fourth-order valence-corrected chi connectivity index (χ4v) is 1.11. The molecule has 1 aromatic carbocycles. The zero-order valence-electron chi connectivity index (χ0n) is 8.36. The van der Waals surface area contributed by atoms with Gasteiger partial charge in [-0.25, -0.2) is 10.9 Å². The summed E-state index contributed by atoms with van der Waals surface area (Å²) >= 11 is 0. The summed E-state index contributed by atoms with van der Waals surface area (Å²) in [6.07, 6.45) is 0. The van der Waals surface area contributed by atoms with Crippen molar-refractivity contribution in [2.45, 2.75) is 6.92 Å². The number of benzene rings is 1. The lowest BCUT2D eigenvalue weighted by Crippen LogP contribution is -2.39. The van der Waals surface area contributed by atoms with Crippen LogP contribution in [0.15, 0.2) is 24.3 Å². The van der Waals surface area contributed by atoms with Crippen molar-refractivity contribution in [1.29, 1.82) is 0 Å². The third kappa shape index (κ3) is 2.55. The Morgan fingerprint density at radius 2 is 2.29 bits per heavy atom. The Labute approximate surface area is 83.2 Å². The Balaban J connectivity index is 2.78. The number of carbonyl (C=O) groups is 1. The molecule has 1 aromatic rings. The van der Waals surface area contributed by atoms with Crippen LogP contribution in [0.1, 0.15) is 5.56 Å². The zero-order valence-corrected chi connectivity index (χ0v) is 8.36. The summed E-state index contributed by atoms with van der Waals surface area (Å²) in [6.45, 7) is 1.93. The second-order valence-electron chi connectivity index (χ2n) is 3.04. The van der Waals surface area contributed by atoms with Crippen molar-refractivity contribution in [2.24, 2.45) is 5.84 Å². The molecule has 2 N–H and O–H groups in total. The van der Waals surface area contributed by atoms with Gasteiger partial charge in [0, 0.05) is 7.11 Å². The third-order valence-corrected chi connectivity index (χ3v) is 1.82. The number of nitrogens with zero attached hydrogens (tertiary/aromatic N) is 1. The maximum Gasteiger partial charge on any atom is 0.267 e. The van der Waals surface area contributed by atoms with Crippen molar-refractivity contribution in [1.82, 2.24) is 0 Å². The van der Waals surface area contributed by atoms with Gasteiger partial charge in [-0.3, -0.25) is 4.79 Å². The van der Waals surface area contributed by atoms with E-state index >= 15 is 0 Å². The van der Waals surface area contributed by atoms with Crippen LogP contribution in [-0.2, 0) is 9.53 Å². The molecule has 0 unspecified atom stereocenters. The molecule has 0 heterocycles. The van der Waals surface area contributed by atoms with Crippen LogP contribution in [-0.4, -0.2) is 19.6 Å². The Kier molecular flexibility index (Phi) is 3.62. The minimum Gasteiger partial charge on any atom is -0.375 e. The molecule has 0 radical (unpaired) electrons. The van der Waals surface area contributed by atoms with Gasteiger partial charge in [0.15, 0.2) is 0 Å². The monoisotopic (exact) mass is 194 g/mol. The van der Waals surface area contributed by atoms with Gasteiger partial charge in [0.2, 0.25) is 0 Å². The Hall–Kier alpha value is -1.39. The first-order valence-electron chi connectivity index (χ1n) is 4.28. The number of rotatable bonds is 3. The summed E-state index contributed by atoms with van der Waals surface area (Å²) in [5, 5.41) is 1.09. The molecule has 14 heavy (non-hydrogen) atoms. The van der Waals surface area contributed by atoms with Crippen LogP contribution in [0.2, 0.25) is 0 Å². The molecule has 0 saturated heterocycles. The first-order valence-corrected chi connectivity index (χ1v) is 4.28. The summed E-state index contributed by atoms with van der Waals surface area (Å²) in [6, 6.07) is 7.41. The molecule has 0 saturated carbocycles. The van der Waals surface area contributed by atoms with E-state index in [9.17, 15) is 4.79 Å². The number of hydrogen-bond acceptors (Lipinski definition) is 3. The van der Waals surface area contributed by atoms with E-state index in [1.807, 2.05) is 25.1 Å². The smallest absolute Gasteiger partial charge is 0.267 e. The van der Waals surface area contributed by atoms with Crippen LogP contribution in [0.4, 0.5) is 5.69 Å². The largest absolute Gasteiger partial charge is 0.375 e. The van der Waals surface area contributed by atoms with Crippen LogP contribution < -0.4 is 10.9 Å². The van der Waals surface area contributed by atoms with E-state index in [1.54, 1.807) is 6.07 Å². The van der Waals surface area contributed by atoms with E-state index in [4.69, 9.17) is 10.6 Å². The van der Waals surface area contributed by atoms with E-state index in [-0.39, 0.29) is 12.5 Å². The van der Waals surface area contributed by atoms with Crippen LogP contribution in [0, 0.1) is 6.92 Å². The van der Waals surface area contributed by atoms with Crippen molar-refractivity contribution in [2.75, 3.05) is 18.7 Å². The molecule has 0 bridgehead atoms. The molecule has 1 rings (SSSR count).